The van der Waals surface area contributed by atoms with Crippen molar-refractivity contribution in [3.05, 3.63) is 22.8 Å². The van der Waals surface area contributed by atoms with Crippen LogP contribution in [0.25, 0.3) is 0 Å². The van der Waals surface area contributed by atoms with Gasteiger partial charge in [-0.2, -0.15) is 13.2 Å². The molecule has 0 radical (unpaired) electrons. The first-order valence-corrected chi connectivity index (χ1v) is 5.61. The largest absolute Gasteiger partial charge is 0.496 e. The van der Waals surface area contributed by atoms with Crippen molar-refractivity contribution in [1.82, 2.24) is 0 Å². The molecule has 0 unspecified atom stereocenters. The van der Waals surface area contributed by atoms with E-state index in [1.807, 2.05) is 0 Å². The molecule has 6 heteroatoms. The Morgan fingerprint density at radius 3 is 2.72 bits per heavy atom. The Balaban J connectivity index is 2.63. The summed E-state index contributed by atoms with van der Waals surface area (Å²) in [6, 6.07) is 0.995. The maximum atomic E-state index is 12.9. The van der Waals surface area contributed by atoms with Crippen molar-refractivity contribution in [2.24, 2.45) is 5.73 Å². The molecule has 0 aromatic heterocycles. The number of rotatable bonds is 3. The van der Waals surface area contributed by atoms with Gasteiger partial charge in [0.1, 0.15) is 17.1 Å². The Hall–Kier alpha value is -1.43. The number of hydrogen-bond acceptors (Lipinski definition) is 3. The Labute approximate surface area is 103 Å². The molecule has 0 spiro atoms. The third kappa shape index (κ3) is 2.12. The molecule has 0 bridgehead atoms. The normalized spacial score (nSPS) is 14.3. The SMILES string of the molecule is COc1cc(C(F)(F)F)c2c(c1CCN)CCO2. The number of halogens is 3. The Kier molecular flexibility index (Phi) is 3.38. The Bertz CT molecular complexity index is 458. The van der Waals surface area contributed by atoms with Crippen LogP contribution in [0, 0.1) is 0 Å². The number of alkyl halides is 3. The predicted octanol–water partition coefficient (Wildman–Crippen LogP) is 2.15. The van der Waals surface area contributed by atoms with Gasteiger partial charge in [-0.15, -0.1) is 0 Å². The van der Waals surface area contributed by atoms with Gasteiger partial charge in [0.15, 0.2) is 0 Å². The molecular formula is C12H14F3NO2. The highest BCUT2D eigenvalue weighted by molar-refractivity contribution is 5.56. The molecule has 1 aromatic rings. The van der Waals surface area contributed by atoms with Crippen LogP contribution < -0.4 is 15.2 Å². The molecule has 1 aliphatic rings. The van der Waals surface area contributed by atoms with Gasteiger partial charge in [0, 0.05) is 17.5 Å². The fourth-order valence-electron chi connectivity index (χ4n) is 2.23. The topological polar surface area (TPSA) is 44.5 Å². The molecule has 1 heterocycles. The molecular weight excluding hydrogens is 247 g/mol. The van der Waals surface area contributed by atoms with Gasteiger partial charge in [-0.1, -0.05) is 0 Å². The van der Waals surface area contributed by atoms with Crippen LogP contribution in [-0.2, 0) is 19.0 Å². The molecule has 2 N–H and O–H groups in total. The lowest BCUT2D eigenvalue weighted by molar-refractivity contribution is -0.138. The van der Waals surface area contributed by atoms with Crippen LogP contribution in [0.1, 0.15) is 16.7 Å². The minimum absolute atomic E-state index is 0.0632. The zero-order chi connectivity index (χ0) is 13.3. The van der Waals surface area contributed by atoms with Gasteiger partial charge in [-0.05, 0) is 19.0 Å². The predicted molar refractivity (Wildman–Crippen MR) is 60.0 cm³/mol. The van der Waals surface area contributed by atoms with Gasteiger partial charge in [-0.25, -0.2) is 0 Å². The van der Waals surface area contributed by atoms with Crippen molar-refractivity contribution in [2.75, 3.05) is 20.3 Å². The van der Waals surface area contributed by atoms with E-state index in [0.29, 0.717) is 24.9 Å². The molecule has 0 atom stereocenters. The fourth-order valence-corrected chi connectivity index (χ4v) is 2.23. The van der Waals surface area contributed by atoms with Crippen LogP contribution in [0.3, 0.4) is 0 Å². The smallest absolute Gasteiger partial charge is 0.420 e. The number of nitrogens with two attached hydrogens (primary N) is 1. The molecule has 3 nitrogen and oxygen atoms in total. The molecule has 2 rings (SSSR count). The summed E-state index contributed by atoms with van der Waals surface area (Å²) in [5, 5.41) is 0. The lowest BCUT2D eigenvalue weighted by atomic mass is 9.97. The van der Waals surface area contributed by atoms with E-state index in [1.165, 1.54) is 7.11 Å². The van der Waals surface area contributed by atoms with E-state index in [-0.39, 0.29) is 18.1 Å². The Morgan fingerprint density at radius 1 is 1.44 bits per heavy atom. The van der Waals surface area contributed by atoms with Gasteiger partial charge in [0.05, 0.1) is 13.7 Å². The number of hydrogen-bond donors (Lipinski definition) is 1. The summed E-state index contributed by atoms with van der Waals surface area (Å²) in [4.78, 5) is 0. The van der Waals surface area contributed by atoms with E-state index >= 15 is 0 Å². The summed E-state index contributed by atoms with van der Waals surface area (Å²) in [5.41, 5.74) is 6.01. The minimum Gasteiger partial charge on any atom is -0.496 e. The number of benzene rings is 1. The lowest BCUT2D eigenvalue weighted by Gasteiger charge is -2.17. The summed E-state index contributed by atoms with van der Waals surface area (Å²) in [5.74, 6) is 0.170. The fraction of sp³-hybridized carbons (Fsp3) is 0.500. The van der Waals surface area contributed by atoms with Crippen LogP contribution in [-0.4, -0.2) is 20.3 Å². The molecule has 0 aliphatic carbocycles. The number of methoxy groups -OCH3 is 1. The first kappa shape index (κ1) is 13.0. The second kappa shape index (κ2) is 4.68. The van der Waals surface area contributed by atoms with Crippen molar-refractivity contribution in [2.45, 2.75) is 19.0 Å². The van der Waals surface area contributed by atoms with E-state index in [2.05, 4.69) is 0 Å². The van der Waals surface area contributed by atoms with Crippen molar-refractivity contribution in [3.63, 3.8) is 0 Å². The van der Waals surface area contributed by atoms with E-state index in [0.717, 1.165) is 11.6 Å². The van der Waals surface area contributed by atoms with Gasteiger partial charge in [-0.3, -0.25) is 0 Å². The first-order valence-electron chi connectivity index (χ1n) is 5.61. The quantitative estimate of drug-likeness (QED) is 0.906. The van der Waals surface area contributed by atoms with Crippen LogP contribution in [0.4, 0.5) is 13.2 Å². The maximum absolute atomic E-state index is 12.9. The van der Waals surface area contributed by atoms with Crippen LogP contribution in [0.2, 0.25) is 0 Å². The third-order valence-corrected chi connectivity index (χ3v) is 2.97. The second-order valence-electron chi connectivity index (χ2n) is 4.05. The third-order valence-electron chi connectivity index (χ3n) is 2.97. The van der Waals surface area contributed by atoms with Gasteiger partial charge in [0.25, 0.3) is 0 Å². The molecule has 0 saturated heterocycles. The van der Waals surface area contributed by atoms with E-state index in [9.17, 15) is 13.2 Å². The van der Waals surface area contributed by atoms with E-state index in [4.69, 9.17) is 15.2 Å². The molecule has 18 heavy (non-hydrogen) atoms. The average Bonchev–Trinajstić information content (AvgIpc) is 2.76. The standard InChI is InChI=1S/C12H14F3NO2/c1-17-10-6-9(12(13,14)15)11-8(3-5-18-11)7(10)2-4-16/h6H,2-5,16H2,1H3. The minimum atomic E-state index is -4.44. The zero-order valence-corrected chi connectivity index (χ0v) is 9.93. The number of fused-ring (bicyclic) bond motifs is 1. The van der Waals surface area contributed by atoms with Crippen molar-refractivity contribution in [3.8, 4) is 11.5 Å². The molecule has 1 aromatic carbocycles. The summed E-state index contributed by atoms with van der Waals surface area (Å²) in [6.07, 6.45) is -3.50. The van der Waals surface area contributed by atoms with Crippen molar-refractivity contribution in [1.29, 1.82) is 0 Å². The zero-order valence-electron chi connectivity index (χ0n) is 9.93. The molecule has 100 valence electrons. The molecule has 0 fully saturated rings. The van der Waals surface area contributed by atoms with Gasteiger partial charge >= 0.3 is 6.18 Å². The van der Waals surface area contributed by atoms with Crippen LogP contribution in [0.15, 0.2) is 6.07 Å². The Morgan fingerprint density at radius 2 is 2.17 bits per heavy atom. The van der Waals surface area contributed by atoms with Crippen LogP contribution in [0.5, 0.6) is 11.5 Å². The van der Waals surface area contributed by atoms with Crippen molar-refractivity contribution >= 4 is 0 Å². The maximum Gasteiger partial charge on any atom is 0.420 e. The summed E-state index contributed by atoms with van der Waals surface area (Å²) >= 11 is 0. The summed E-state index contributed by atoms with van der Waals surface area (Å²) in [7, 11) is 1.36. The van der Waals surface area contributed by atoms with Gasteiger partial charge in [0.2, 0.25) is 0 Å². The molecule has 0 saturated carbocycles. The van der Waals surface area contributed by atoms with Crippen molar-refractivity contribution < 1.29 is 22.6 Å². The second-order valence-corrected chi connectivity index (χ2v) is 4.05. The highest BCUT2D eigenvalue weighted by atomic mass is 19.4. The molecule has 1 aliphatic heterocycles. The first-order chi connectivity index (χ1) is 8.49. The lowest BCUT2D eigenvalue weighted by Crippen LogP contribution is -2.11. The highest BCUT2D eigenvalue weighted by Crippen LogP contribution is 2.45. The summed E-state index contributed by atoms with van der Waals surface area (Å²) in [6.45, 7) is 0.622. The highest BCUT2D eigenvalue weighted by Gasteiger charge is 2.39. The van der Waals surface area contributed by atoms with E-state index < -0.39 is 11.7 Å². The van der Waals surface area contributed by atoms with Crippen LogP contribution >= 0.6 is 0 Å². The molecule has 0 amide bonds. The summed E-state index contributed by atoms with van der Waals surface area (Å²) < 4.78 is 48.9. The van der Waals surface area contributed by atoms with E-state index in [1.54, 1.807) is 0 Å². The average molecular weight is 261 g/mol. The number of ether oxygens (including phenoxy) is 2. The van der Waals surface area contributed by atoms with Gasteiger partial charge < -0.3 is 15.2 Å². The monoisotopic (exact) mass is 261 g/mol.